The van der Waals surface area contributed by atoms with E-state index in [1.165, 1.54) is 0 Å². The Labute approximate surface area is 89.3 Å². The van der Waals surface area contributed by atoms with Crippen molar-refractivity contribution in [1.29, 1.82) is 0 Å². The van der Waals surface area contributed by atoms with Gasteiger partial charge in [-0.25, -0.2) is 0 Å². The fraction of sp³-hybridized carbons (Fsp3) is 0.154. The van der Waals surface area contributed by atoms with Crippen LogP contribution >= 0.6 is 0 Å². The van der Waals surface area contributed by atoms with Gasteiger partial charge in [0, 0.05) is 6.20 Å². The molecular formula is C13H13NO. The fourth-order valence-electron chi connectivity index (χ4n) is 1.56. The van der Waals surface area contributed by atoms with Crippen LogP contribution in [0.5, 0.6) is 0 Å². The number of carbonyl (C=O) groups excluding carboxylic acids is 1. The van der Waals surface area contributed by atoms with Crippen LogP contribution in [-0.2, 0) is 4.79 Å². The van der Waals surface area contributed by atoms with E-state index in [-0.39, 0.29) is 6.04 Å². The van der Waals surface area contributed by atoms with E-state index in [4.69, 9.17) is 0 Å². The predicted molar refractivity (Wildman–Crippen MR) is 61.2 cm³/mol. The van der Waals surface area contributed by atoms with Gasteiger partial charge in [-0.3, -0.25) is 0 Å². The van der Waals surface area contributed by atoms with Gasteiger partial charge in [-0.1, -0.05) is 42.5 Å². The quantitative estimate of drug-likeness (QED) is 0.739. The number of nitrogens with one attached hydrogen (secondary N) is 1. The van der Waals surface area contributed by atoms with Gasteiger partial charge in [0.25, 0.3) is 0 Å². The number of aldehydes is 1. The highest BCUT2D eigenvalue weighted by molar-refractivity contribution is 5.75. The highest BCUT2D eigenvalue weighted by atomic mass is 16.1. The van der Waals surface area contributed by atoms with Gasteiger partial charge in [-0.2, -0.15) is 0 Å². The van der Waals surface area contributed by atoms with Gasteiger partial charge in [0.1, 0.15) is 6.29 Å². The Morgan fingerprint density at radius 2 is 2.07 bits per heavy atom. The van der Waals surface area contributed by atoms with Crippen molar-refractivity contribution in [3.8, 4) is 0 Å². The van der Waals surface area contributed by atoms with Crippen molar-refractivity contribution in [1.82, 2.24) is 5.32 Å². The van der Waals surface area contributed by atoms with Crippen molar-refractivity contribution in [2.45, 2.75) is 12.5 Å². The first kappa shape index (κ1) is 9.71. The van der Waals surface area contributed by atoms with Gasteiger partial charge >= 0.3 is 0 Å². The van der Waals surface area contributed by atoms with Crippen LogP contribution in [0.4, 0.5) is 0 Å². The molecule has 0 bridgehead atoms. The van der Waals surface area contributed by atoms with E-state index < -0.39 is 0 Å². The summed E-state index contributed by atoms with van der Waals surface area (Å²) in [6.07, 6.45) is 7.66. The Hall–Kier alpha value is -1.83. The maximum atomic E-state index is 10.6. The number of hydrogen-bond donors (Lipinski definition) is 1. The minimum absolute atomic E-state index is 0.0949. The first-order valence-electron chi connectivity index (χ1n) is 5.03. The highest BCUT2D eigenvalue weighted by Gasteiger charge is 2.06. The maximum absolute atomic E-state index is 10.6. The third-order valence-electron chi connectivity index (χ3n) is 2.41. The van der Waals surface area contributed by atoms with Gasteiger partial charge in [0.15, 0.2) is 0 Å². The smallest absolute Gasteiger partial charge is 0.142 e. The van der Waals surface area contributed by atoms with E-state index in [0.29, 0.717) is 0 Å². The van der Waals surface area contributed by atoms with Gasteiger partial charge in [-0.15, -0.1) is 0 Å². The van der Waals surface area contributed by atoms with E-state index in [1.54, 1.807) is 0 Å². The maximum Gasteiger partial charge on any atom is 0.142 e. The molecule has 1 aliphatic rings. The lowest BCUT2D eigenvalue weighted by Gasteiger charge is -2.05. The molecule has 0 saturated carbocycles. The SMILES string of the molecule is O=CC1CC=CC(c2ccccc2)=CN1. The molecule has 2 heteroatoms. The second kappa shape index (κ2) is 4.60. The Bertz CT molecular complexity index is 392. The summed E-state index contributed by atoms with van der Waals surface area (Å²) in [6, 6.07) is 10.0. The van der Waals surface area contributed by atoms with E-state index in [1.807, 2.05) is 36.6 Å². The van der Waals surface area contributed by atoms with Crippen molar-refractivity contribution in [3.05, 3.63) is 54.2 Å². The van der Waals surface area contributed by atoms with E-state index in [2.05, 4.69) is 17.4 Å². The minimum Gasteiger partial charge on any atom is -0.381 e. The molecule has 1 atom stereocenters. The largest absolute Gasteiger partial charge is 0.381 e. The third kappa shape index (κ3) is 2.34. The Morgan fingerprint density at radius 3 is 2.80 bits per heavy atom. The first-order chi connectivity index (χ1) is 7.40. The second-order valence-electron chi connectivity index (χ2n) is 3.51. The van der Waals surface area contributed by atoms with Crippen LogP contribution in [0.25, 0.3) is 5.57 Å². The zero-order valence-corrected chi connectivity index (χ0v) is 8.39. The predicted octanol–water partition coefficient (Wildman–Crippen LogP) is 2.14. The normalized spacial score (nSPS) is 20.0. The molecule has 0 aromatic heterocycles. The fourth-order valence-corrected chi connectivity index (χ4v) is 1.56. The topological polar surface area (TPSA) is 29.1 Å². The molecule has 0 radical (unpaired) electrons. The summed E-state index contributed by atoms with van der Waals surface area (Å²) in [5.74, 6) is 0. The standard InChI is InChI=1S/C13H13NO/c15-10-13-8-4-7-12(9-14-13)11-5-2-1-3-6-11/h1-7,9-10,13-14H,8H2. The number of allylic oxidation sites excluding steroid dienone is 2. The van der Waals surface area contributed by atoms with Crippen molar-refractivity contribution < 1.29 is 4.79 Å². The van der Waals surface area contributed by atoms with Gasteiger partial charge < -0.3 is 10.1 Å². The number of carbonyl (C=O) groups is 1. The molecule has 1 aromatic rings. The lowest BCUT2D eigenvalue weighted by molar-refractivity contribution is -0.109. The van der Waals surface area contributed by atoms with Crippen molar-refractivity contribution in [2.75, 3.05) is 0 Å². The molecule has 2 nitrogen and oxygen atoms in total. The molecule has 1 aromatic carbocycles. The first-order valence-corrected chi connectivity index (χ1v) is 5.03. The van der Waals surface area contributed by atoms with Gasteiger partial charge in [-0.05, 0) is 17.6 Å². The summed E-state index contributed by atoms with van der Waals surface area (Å²) >= 11 is 0. The number of hydrogen-bond acceptors (Lipinski definition) is 2. The summed E-state index contributed by atoms with van der Waals surface area (Å²) in [5, 5.41) is 3.09. The third-order valence-corrected chi connectivity index (χ3v) is 2.41. The second-order valence-corrected chi connectivity index (χ2v) is 3.51. The molecule has 1 heterocycles. The molecule has 0 fully saturated rings. The Balaban J connectivity index is 2.23. The van der Waals surface area contributed by atoms with Crippen LogP contribution in [0.1, 0.15) is 12.0 Å². The molecule has 0 aliphatic carbocycles. The zero-order chi connectivity index (χ0) is 10.5. The van der Waals surface area contributed by atoms with E-state index in [9.17, 15) is 4.79 Å². The summed E-state index contributed by atoms with van der Waals surface area (Å²) < 4.78 is 0. The molecule has 76 valence electrons. The molecule has 0 spiro atoms. The molecule has 0 amide bonds. The lowest BCUT2D eigenvalue weighted by atomic mass is 10.1. The number of benzene rings is 1. The van der Waals surface area contributed by atoms with E-state index >= 15 is 0 Å². The minimum atomic E-state index is -0.0949. The summed E-state index contributed by atoms with van der Waals surface area (Å²) in [5.41, 5.74) is 2.27. The van der Waals surface area contributed by atoms with Crippen molar-refractivity contribution >= 4 is 11.9 Å². The lowest BCUT2D eigenvalue weighted by Crippen LogP contribution is -2.24. The zero-order valence-electron chi connectivity index (χ0n) is 8.39. The van der Waals surface area contributed by atoms with Crippen molar-refractivity contribution in [3.63, 3.8) is 0 Å². The summed E-state index contributed by atoms with van der Waals surface area (Å²) in [7, 11) is 0. The van der Waals surface area contributed by atoms with E-state index in [0.717, 1.165) is 23.8 Å². The average Bonchev–Trinajstić information content (AvgIpc) is 2.55. The highest BCUT2D eigenvalue weighted by Crippen LogP contribution is 2.16. The molecular weight excluding hydrogens is 186 g/mol. The van der Waals surface area contributed by atoms with Crippen molar-refractivity contribution in [2.24, 2.45) is 0 Å². The van der Waals surface area contributed by atoms with Gasteiger partial charge in [0.05, 0.1) is 6.04 Å². The average molecular weight is 199 g/mol. The van der Waals surface area contributed by atoms with Crippen LogP contribution in [0.2, 0.25) is 0 Å². The summed E-state index contributed by atoms with van der Waals surface area (Å²) in [6.45, 7) is 0. The Kier molecular flexibility index (Phi) is 2.98. The molecule has 2 rings (SSSR count). The van der Waals surface area contributed by atoms with Crippen LogP contribution < -0.4 is 5.32 Å². The van der Waals surface area contributed by atoms with Gasteiger partial charge in [0.2, 0.25) is 0 Å². The molecule has 0 saturated heterocycles. The molecule has 1 aliphatic heterocycles. The van der Waals surface area contributed by atoms with Crippen LogP contribution in [0.3, 0.4) is 0 Å². The number of rotatable bonds is 2. The van der Waals surface area contributed by atoms with Crippen LogP contribution in [-0.4, -0.2) is 12.3 Å². The Morgan fingerprint density at radius 1 is 1.27 bits per heavy atom. The van der Waals surface area contributed by atoms with Crippen LogP contribution in [0.15, 0.2) is 48.7 Å². The molecule has 15 heavy (non-hydrogen) atoms. The monoisotopic (exact) mass is 199 g/mol. The summed E-state index contributed by atoms with van der Waals surface area (Å²) in [4.78, 5) is 10.6. The van der Waals surface area contributed by atoms with Crippen LogP contribution in [0, 0.1) is 0 Å². The molecule has 1 unspecified atom stereocenters. The molecule has 1 N–H and O–H groups in total.